The molecule has 78 valence electrons. The molecule has 0 aliphatic rings. The van der Waals surface area contributed by atoms with Gasteiger partial charge in [-0.3, -0.25) is 0 Å². The lowest BCUT2D eigenvalue weighted by molar-refractivity contribution is 0.608. The van der Waals surface area contributed by atoms with Gasteiger partial charge in [0.05, 0.1) is 10.8 Å². The van der Waals surface area contributed by atoms with E-state index in [1.165, 1.54) is 12.1 Å². The molecule has 0 saturated heterocycles. The molecule has 0 saturated carbocycles. The van der Waals surface area contributed by atoms with E-state index in [-0.39, 0.29) is 17.2 Å². The standard InChI is InChI=1S/C8H7Cl2FO2S/c9-8-6(2-1-3-7(8)11)4-5-14(10,12)13/h1-3H,4-5H2. The van der Waals surface area contributed by atoms with Crippen LogP contribution < -0.4 is 0 Å². The molecular formula is C8H7Cl2FO2S. The quantitative estimate of drug-likeness (QED) is 0.780. The summed E-state index contributed by atoms with van der Waals surface area (Å²) in [6.45, 7) is 0. The summed E-state index contributed by atoms with van der Waals surface area (Å²) in [5, 5.41) is -0.0483. The molecule has 0 aliphatic heterocycles. The zero-order valence-corrected chi connectivity index (χ0v) is 9.33. The molecule has 1 rings (SSSR count). The van der Waals surface area contributed by atoms with Crippen LogP contribution in [-0.2, 0) is 15.5 Å². The van der Waals surface area contributed by atoms with Crippen molar-refractivity contribution in [2.75, 3.05) is 5.75 Å². The van der Waals surface area contributed by atoms with Gasteiger partial charge in [0, 0.05) is 10.7 Å². The van der Waals surface area contributed by atoms with Gasteiger partial charge in [-0.15, -0.1) is 0 Å². The smallest absolute Gasteiger partial charge is 0.212 e. The molecule has 0 fully saturated rings. The van der Waals surface area contributed by atoms with E-state index in [1.54, 1.807) is 6.07 Å². The van der Waals surface area contributed by atoms with E-state index >= 15 is 0 Å². The minimum Gasteiger partial charge on any atom is -0.212 e. The Balaban J connectivity index is 2.83. The summed E-state index contributed by atoms with van der Waals surface area (Å²) in [6, 6.07) is 4.24. The normalized spacial score (nSPS) is 11.6. The Morgan fingerprint density at radius 2 is 2.00 bits per heavy atom. The molecule has 0 unspecified atom stereocenters. The average molecular weight is 257 g/mol. The minimum absolute atomic E-state index is 0.0483. The monoisotopic (exact) mass is 256 g/mol. The van der Waals surface area contributed by atoms with Crippen molar-refractivity contribution in [3.63, 3.8) is 0 Å². The highest BCUT2D eigenvalue weighted by Crippen LogP contribution is 2.20. The van der Waals surface area contributed by atoms with Crippen molar-refractivity contribution in [1.29, 1.82) is 0 Å². The topological polar surface area (TPSA) is 34.1 Å². The van der Waals surface area contributed by atoms with Gasteiger partial charge in [-0.1, -0.05) is 23.7 Å². The van der Waals surface area contributed by atoms with E-state index in [4.69, 9.17) is 22.3 Å². The van der Waals surface area contributed by atoms with Crippen molar-refractivity contribution in [2.45, 2.75) is 6.42 Å². The van der Waals surface area contributed by atoms with Crippen molar-refractivity contribution in [2.24, 2.45) is 0 Å². The minimum atomic E-state index is -3.56. The van der Waals surface area contributed by atoms with Gasteiger partial charge in [0.25, 0.3) is 0 Å². The fourth-order valence-electron chi connectivity index (χ4n) is 0.973. The van der Waals surface area contributed by atoms with Crippen LogP contribution >= 0.6 is 22.3 Å². The van der Waals surface area contributed by atoms with Crippen molar-refractivity contribution >= 4 is 31.3 Å². The highest BCUT2D eigenvalue weighted by molar-refractivity contribution is 8.13. The van der Waals surface area contributed by atoms with Crippen molar-refractivity contribution in [3.8, 4) is 0 Å². The third kappa shape index (κ3) is 3.44. The Hall–Kier alpha value is -0.320. The van der Waals surface area contributed by atoms with Crippen LogP contribution in [0.3, 0.4) is 0 Å². The molecule has 0 N–H and O–H groups in total. The first-order valence-electron chi connectivity index (χ1n) is 3.75. The number of halogens is 3. The van der Waals surface area contributed by atoms with E-state index in [0.29, 0.717) is 5.56 Å². The lowest BCUT2D eigenvalue weighted by Gasteiger charge is -2.02. The van der Waals surface area contributed by atoms with E-state index in [1.807, 2.05) is 0 Å². The van der Waals surface area contributed by atoms with Crippen LogP contribution in [0.1, 0.15) is 5.56 Å². The second-order valence-electron chi connectivity index (χ2n) is 2.71. The van der Waals surface area contributed by atoms with Gasteiger partial charge >= 0.3 is 0 Å². The molecule has 1 aromatic carbocycles. The second kappa shape index (κ2) is 4.47. The molecule has 0 aromatic heterocycles. The molecule has 14 heavy (non-hydrogen) atoms. The Labute approximate surface area is 91.1 Å². The molecular weight excluding hydrogens is 250 g/mol. The maximum atomic E-state index is 12.9. The Morgan fingerprint density at radius 3 is 2.57 bits per heavy atom. The second-order valence-corrected chi connectivity index (χ2v) is 5.98. The van der Waals surface area contributed by atoms with Gasteiger partial charge in [0.2, 0.25) is 9.05 Å². The van der Waals surface area contributed by atoms with E-state index in [2.05, 4.69) is 0 Å². The Bertz CT molecular complexity index is 431. The lowest BCUT2D eigenvalue weighted by atomic mass is 10.2. The van der Waals surface area contributed by atoms with Crippen LogP contribution in [-0.4, -0.2) is 14.2 Å². The first-order valence-corrected chi connectivity index (χ1v) is 6.61. The van der Waals surface area contributed by atoms with Gasteiger partial charge in [0.1, 0.15) is 5.82 Å². The molecule has 0 aliphatic carbocycles. The number of aryl methyl sites for hydroxylation is 1. The third-order valence-corrected chi connectivity index (χ3v) is 3.22. The van der Waals surface area contributed by atoms with Gasteiger partial charge in [-0.2, -0.15) is 0 Å². The summed E-state index contributed by atoms with van der Waals surface area (Å²) in [6.07, 6.45) is 0.114. The number of rotatable bonds is 3. The maximum absolute atomic E-state index is 12.9. The first-order chi connectivity index (χ1) is 6.40. The van der Waals surface area contributed by atoms with Crippen LogP contribution in [0.15, 0.2) is 18.2 Å². The van der Waals surface area contributed by atoms with Crippen molar-refractivity contribution < 1.29 is 12.8 Å². The molecule has 2 nitrogen and oxygen atoms in total. The molecule has 1 aromatic rings. The fourth-order valence-corrected chi connectivity index (χ4v) is 1.89. The fraction of sp³-hybridized carbons (Fsp3) is 0.250. The third-order valence-electron chi connectivity index (χ3n) is 1.65. The summed E-state index contributed by atoms with van der Waals surface area (Å²) >= 11 is 5.61. The summed E-state index contributed by atoms with van der Waals surface area (Å²) in [4.78, 5) is 0. The van der Waals surface area contributed by atoms with Crippen LogP contribution in [0.25, 0.3) is 0 Å². The van der Waals surface area contributed by atoms with Crippen LogP contribution in [0.4, 0.5) is 4.39 Å². The predicted molar refractivity (Wildman–Crippen MR) is 54.8 cm³/mol. The van der Waals surface area contributed by atoms with Gasteiger partial charge in [0.15, 0.2) is 0 Å². The van der Waals surface area contributed by atoms with Gasteiger partial charge < -0.3 is 0 Å². The van der Waals surface area contributed by atoms with Crippen molar-refractivity contribution in [3.05, 3.63) is 34.6 Å². The number of benzene rings is 1. The maximum Gasteiger partial charge on any atom is 0.232 e. The highest BCUT2D eigenvalue weighted by Gasteiger charge is 2.10. The molecule has 0 radical (unpaired) electrons. The SMILES string of the molecule is O=S(=O)(Cl)CCc1cccc(F)c1Cl. The van der Waals surface area contributed by atoms with E-state index in [9.17, 15) is 12.8 Å². The molecule has 0 bridgehead atoms. The Kier molecular flexibility index (Phi) is 3.75. The number of hydrogen-bond acceptors (Lipinski definition) is 2. The largest absolute Gasteiger partial charge is 0.232 e. The zero-order chi connectivity index (χ0) is 10.8. The first kappa shape index (κ1) is 11.8. The highest BCUT2D eigenvalue weighted by atomic mass is 35.7. The lowest BCUT2D eigenvalue weighted by Crippen LogP contribution is -2.02. The van der Waals surface area contributed by atoms with Crippen LogP contribution in [0, 0.1) is 5.82 Å². The Morgan fingerprint density at radius 1 is 1.36 bits per heavy atom. The van der Waals surface area contributed by atoms with Gasteiger partial charge in [-0.05, 0) is 18.1 Å². The van der Waals surface area contributed by atoms with Crippen molar-refractivity contribution in [1.82, 2.24) is 0 Å². The number of hydrogen-bond donors (Lipinski definition) is 0. The molecule has 0 heterocycles. The van der Waals surface area contributed by atoms with Crippen LogP contribution in [0.2, 0.25) is 5.02 Å². The summed E-state index contributed by atoms with van der Waals surface area (Å²) < 4.78 is 34.1. The average Bonchev–Trinajstić information content (AvgIpc) is 2.06. The molecule has 0 atom stereocenters. The summed E-state index contributed by atoms with van der Waals surface area (Å²) in [5.41, 5.74) is 0.441. The summed E-state index contributed by atoms with van der Waals surface area (Å²) in [5.74, 6) is -0.811. The van der Waals surface area contributed by atoms with E-state index in [0.717, 1.165) is 0 Å². The van der Waals surface area contributed by atoms with Gasteiger partial charge in [-0.25, -0.2) is 12.8 Å². The molecule has 0 amide bonds. The molecule has 6 heteroatoms. The summed E-state index contributed by atoms with van der Waals surface area (Å²) in [7, 11) is 1.45. The van der Waals surface area contributed by atoms with Crippen LogP contribution in [0.5, 0.6) is 0 Å². The zero-order valence-electron chi connectivity index (χ0n) is 7.00. The molecule has 0 spiro atoms. The predicted octanol–water partition coefficient (Wildman–Crippen LogP) is 2.59. The van der Waals surface area contributed by atoms with E-state index < -0.39 is 14.9 Å².